The lowest BCUT2D eigenvalue weighted by Gasteiger charge is -2.10. The summed E-state index contributed by atoms with van der Waals surface area (Å²) in [6.07, 6.45) is 0.915. The van der Waals surface area contributed by atoms with Crippen molar-refractivity contribution < 1.29 is 4.79 Å². The number of nitrogens with zero attached hydrogens (tertiary/aromatic N) is 4. The van der Waals surface area contributed by atoms with E-state index in [2.05, 4.69) is 20.8 Å². The highest BCUT2D eigenvalue weighted by Gasteiger charge is 2.12. The first-order valence-electron chi connectivity index (χ1n) is 6.46. The highest BCUT2D eigenvalue weighted by Crippen LogP contribution is 2.17. The molecule has 0 spiro atoms. The van der Waals surface area contributed by atoms with Gasteiger partial charge < -0.3 is 5.32 Å². The lowest BCUT2D eigenvalue weighted by Crippen LogP contribution is -2.33. The molecule has 1 aromatic carbocycles. The molecule has 6 nitrogen and oxygen atoms in total. The van der Waals surface area contributed by atoms with Crippen molar-refractivity contribution in [3.05, 3.63) is 30.3 Å². The summed E-state index contributed by atoms with van der Waals surface area (Å²) in [5, 5.41) is 15.1. The maximum Gasteiger partial charge on any atom is 0.230 e. The molecule has 0 bridgehead atoms. The molecule has 1 N–H and O–H groups in total. The van der Waals surface area contributed by atoms with Crippen LogP contribution < -0.4 is 5.32 Å². The van der Waals surface area contributed by atoms with Gasteiger partial charge in [0.1, 0.15) is 0 Å². The summed E-state index contributed by atoms with van der Waals surface area (Å²) in [5.41, 5.74) is 0.877. The first-order valence-corrected chi connectivity index (χ1v) is 7.45. The van der Waals surface area contributed by atoms with Crippen molar-refractivity contribution in [3.8, 4) is 5.69 Å². The van der Waals surface area contributed by atoms with Gasteiger partial charge in [0.25, 0.3) is 0 Å². The zero-order valence-corrected chi connectivity index (χ0v) is 12.3. The van der Waals surface area contributed by atoms with Gasteiger partial charge >= 0.3 is 0 Å². The molecule has 7 heteroatoms. The Bertz CT molecular complexity index is 557. The minimum Gasteiger partial charge on any atom is -0.353 e. The Hall–Kier alpha value is -1.89. The van der Waals surface area contributed by atoms with E-state index in [4.69, 9.17) is 0 Å². The minimum atomic E-state index is -0.00744. The second-order valence-electron chi connectivity index (χ2n) is 4.37. The van der Waals surface area contributed by atoms with E-state index in [0.717, 1.165) is 12.1 Å². The van der Waals surface area contributed by atoms with Crippen LogP contribution in [0.25, 0.3) is 5.69 Å². The second kappa shape index (κ2) is 7.04. The molecule has 1 heterocycles. The summed E-state index contributed by atoms with van der Waals surface area (Å²) >= 11 is 1.32. The average Bonchev–Trinajstić information content (AvgIpc) is 2.94. The molecule has 0 unspecified atom stereocenters. The Kier molecular flexibility index (Phi) is 5.11. The number of carbonyl (C=O) groups excluding carboxylic acids is 1. The molecule has 20 heavy (non-hydrogen) atoms. The van der Waals surface area contributed by atoms with Crippen molar-refractivity contribution in [1.82, 2.24) is 25.5 Å². The van der Waals surface area contributed by atoms with E-state index in [1.165, 1.54) is 11.8 Å². The van der Waals surface area contributed by atoms with Crippen LogP contribution in [0.2, 0.25) is 0 Å². The molecule has 1 amide bonds. The highest BCUT2D eigenvalue weighted by atomic mass is 32.2. The number of hydrogen-bond donors (Lipinski definition) is 1. The third-order valence-electron chi connectivity index (χ3n) is 2.79. The number of nitrogens with one attached hydrogen (secondary N) is 1. The monoisotopic (exact) mass is 291 g/mol. The van der Waals surface area contributed by atoms with Crippen LogP contribution in [0, 0.1) is 0 Å². The van der Waals surface area contributed by atoms with Gasteiger partial charge in [0.15, 0.2) is 0 Å². The van der Waals surface area contributed by atoms with Crippen molar-refractivity contribution in [2.24, 2.45) is 0 Å². The van der Waals surface area contributed by atoms with E-state index >= 15 is 0 Å². The normalized spacial score (nSPS) is 12.1. The number of para-hydroxylation sites is 1. The Morgan fingerprint density at radius 3 is 2.85 bits per heavy atom. The predicted octanol–water partition coefficient (Wildman–Crippen LogP) is 1.67. The maximum atomic E-state index is 11.7. The zero-order chi connectivity index (χ0) is 14.4. The van der Waals surface area contributed by atoms with E-state index < -0.39 is 0 Å². The van der Waals surface area contributed by atoms with E-state index in [0.29, 0.717) is 10.9 Å². The number of aromatic nitrogens is 4. The summed E-state index contributed by atoms with van der Waals surface area (Å²) in [4.78, 5) is 11.7. The zero-order valence-electron chi connectivity index (χ0n) is 11.5. The number of hydrogen-bond acceptors (Lipinski definition) is 5. The van der Waals surface area contributed by atoms with Crippen LogP contribution in [0.1, 0.15) is 20.3 Å². The van der Waals surface area contributed by atoms with Crippen molar-refractivity contribution in [3.63, 3.8) is 0 Å². The van der Waals surface area contributed by atoms with Gasteiger partial charge in [-0.05, 0) is 35.9 Å². The van der Waals surface area contributed by atoms with Gasteiger partial charge in [-0.2, -0.15) is 4.68 Å². The quantitative estimate of drug-likeness (QED) is 0.820. The third kappa shape index (κ3) is 3.80. The van der Waals surface area contributed by atoms with E-state index in [9.17, 15) is 4.79 Å². The molecule has 0 saturated carbocycles. The third-order valence-corrected chi connectivity index (χ3v) is 3.71. The molecule has 0 radical (unpaired) electrons. The molecule has 0 fully saturated rings. The first-order chi connectivity index (χ1) is 9.70. The smallest absolute Gasteiger partial charge is 0.230 e. The predicted molar refractivity (Wildman–Crippen MR) is 77.8 cm³/mol. The molecule has 0 aliphatic heterocycles. The molecule has 1 atom stereocenters. The number of rotatable bonds is 6. The summed E-state index contributed by atoms with van der Waals surface area (Å²) in [6, 6.07) is 9.79. The molecule has 0 aliphatic rings. The van der Waals surface area contributed by atoms with Crippen LogP contribution in [0.15, 0.2) is 35.5 Å². The molecule has 0 saturated heterocycles. The van der Waals surface area contributed by atoms with Crippen LogP contribution in [-0.4, -0.2) is 37.9 Å². The van der Waals surface area contributed by atoms with Gasteiger partial charge in [-0.25, -0.2) is 0 Å². The Morgan fingerprint density at radius 2 is 2.15 bits per heavy atom. The highest BCUT2D eigenvalue weighted by molar-refractivity contribution is 7.99. The number of amides is 1. The van der Waals surface area contributed by atoms with Gasteiger partial charge in [-0.15, -0.1) is 5.10 Å². The Labute approximate surface area is 121 Å². The SMILES string of the molecule is CC[C@@H](C)NC(=O)CSc1nnnn1-c1ccccc1. The number of carbonyl (C=O) groups is 1. The fourth-order valence-electron chi connectivity index (χ4n) is 1.55. The summed E-state index contributed by atoms with van der Waals surface area (Å²) in [7, 11) is 0. The fourth-order valence-corrected chi connectivity index (χ4v) is 2.25. The molecule has 2 rings (SSSR count). The van der Waals surface area contributed by atoms with Gasteiger partial charge in [-0.3, -0.25) is 4.79 Å². The lowest BCUT2D eigenvalue weighted by molar-refractivity contribution is -0.119. The maximum absolute atomic E-state index is 11.7. The summed E-state index contributed by atoms with van der Waals surface area (Å²) in [6.45, 7) is 4.02. The van der Waals surface area contributed by atoms with Crippen LogP contribution in [0.3, 0.4) is 0 Å². The molecule has 2 aromatic rings. The van der Waals surface area contributed by atoms with Crippen LogP contribution >= 0.6 is 11.8 Å². The Balaban J connectivity index is 1.98. The van der Waals surface area contributed by atoms with E-state index in [1.807, 2.05) is 44.2 Å². The minimum absolute atomic E-state index is 0.00744. The van der Waals surface area contributed by atoms with Crippen molar-refractivity contribution >= 4 is 17.7 Å². The standard InChI is InChI=1S/C13H17N5OS/c1-3-10(2)14-12(19)9-20-13-15-16-17-18(13)11-7-5-4-6-8-11/h4-8,10H,3,9H2,1-2H3,(H,14,19)/t10-/m1/s1. The average molecular weight is 291 g/mol. The summed E-state index contributed by atoms with van der Waals surface area (Å²) in [5.74, 6) is 0.296. The number of thioether (sulfide) groups is 1. The largest absolute Gasteiger partial charge is 0.353 e. The second-order valence-corrected chi connectivity index (χ2v) is 5.32. The molecular formula is C13H17N5OS. The van der Waals surface area contributed by atoms with Gasteiger partial charge in [0.05, 0.1) is 11.4 Å². The molecule has 1 aromatic heterocycles. The summed E-state index contributed by atoms with van der Waals surface area (Å²) < 4.78 is 1.63. The van der Waals surface area contributed by atoms with Crippen molar-refractivity contribution in [1.29, 1.82) is 0 Å². The lowest BCUT2D eigenvalue weighted by atomic mass is 10.3. The molecular weight excluding hydrogens is 274 g/mol. The topological polar surface area (TPSA) is 72.7 Å². The van der Waals surface area contributed by atoms with E-state index in [-0.39, 0.29) is 11.9 Å². The van der Waals surface area contributed by atoms with Gasteiger partial charge in [-0.1, -0.05) is 36.9 Å². The van der Waals surface area contributed by atoms with E-state index in [1.54, 1.807) is 4.68 Å². The van der Waals surface area contributed by atoms with Crippen LogP contribution in [0.5, 0.6) is 0 Å². The first kappa shape index (κ1) is 14.5. The van der Waals surface area contributed by atoms with Crippen molar-refractivity contribution in [2.45, 2.75) is 31.5 Å². The van der Waals surface area contributed by atoms with Gasteiger partial charge in [0.2, 0.25) is 11.1 Å². The van der Waals surface area contributed by atoms with Crippen LogP contribution in [-0.2, 0) is 4.79 Å². The number of benzene rings is 1. The Morgan fingerprint density at radius 1 is 1.40 bits per heavy atom. The fraction of sp³-hybridized carbons (Fsp3) is 0.385. The number of tetrazole rings is 1. The molecule has 0 aliphatic carbocycles. The van der Waals surface area contributed by atoms with Crippen molar-refractivity contribution in [2.75, 3.05) is 5.75 Å². The molecule has 106 valence electrons. The van der Waals surface area contributed by atoms with Gasteiger partial charge in [0, 0.05) is 6.04 Å². The van der Waals surface area contributed by atoms with Crippen LogP contribution in [0.4, 0.5) is 0 Å².